The van der Waals surface area contributed by atoms with Gasteiger partial charge >= 0.3 is 0 Å². The molecule has 1 N–H and O–H groups in total. The minimum Gasteiger partial charge on any atom is -0.393 e. The quantitative estimate of drug-likeness (QED) is 0.770. The molecule has 13 heavy (non-hydrogen) atoms. The second kappa shape index (κ2) is 4.42. The molecular formula is C10H18N2O. The Kier molecular flexibility index (Phi) is 3.48. The fourth-order valence-corrected chi connectivity index (χ4v) is 1.66. The molecule has 0 saturated carbocycles. The summed E-state index contributed by atoms with van der Waals surface area (Å²) in [5.74, 6) is 0.377. The summed E-state index contributed by atoms with van der Waals surface area (Å²) in [5.41, 5.74) is 1.21. The maximum Gasteiger partial charge on any atom is 0.0518 e. The van der Waals surface area contributed by atoms with Crippen LogP contribution >= 0.6 is 0 Å². The highest BCUT2D eigenvalue weighted by atomic mass is 16.3. The average molecular weight is 182 g/mol. The molecule has 0 aliphatic heterocycles. The number of rotatable bonds is 4. The van der Waals surface area contributed by atoms with Crippen LogP contribution in [0.3, 0.4) is 0 Å². The van der Waals surface area contributed by atoms with E-state index in [9.17, 15) is 5.11 Å². The fraction of sp³-hybridized carbons (Fsp3) is 0.700. The van der Waals surface area contributed by atoms with Gasteiger partial charge in [-0.1, -0.05) is 6.92 Å². The lowest BCUT2D eigenvalue weighted by molar-refractivity contribution is 0.175. The highest BCUT2D eigenvalue weighted by Gasteiger charge is 2.12. The van der Waals surface area contributed by atoms with E-state index in [0.29, 0.717) is 5.92 Å². The van der Waals surface area contributed by atoms with Crippen LogP contribution in [0.4, 0.5) is 0 Å². The van der Waals surface area contributed by atoms with Crippen molar-refractivity contribution in [3.63, 3.8) is 0 Å². The summed E-state index contributed by atoms with van der Waals surface area (Å²) in [6.45, 7) is 6.91. The Morgan fingerprint density at radius 2 is 2.23 bits per heavy atom. The summed E-state index contributed by atoms with van der Waals surface area (Å²) in [4.78, 5) is 0. The Morgan fingerprint density at radius 1 is 1.54 bits per heavy atom. The predicted octanol–water partition coefficient (Wildman–Crippen LogP) is 1.78. The van der Waals surface area contributed by atoms with Crippen molar-refractivity contribution in [1.29, 1.82) is 0 Å². The summed E-state index contributed by atoms with van der Waals surface area (Å²) in [7, 11) is 0. The van der Waals surface area contributed by atoms with Crippen molar-refractivity contribution >= 4 is 0 Å². The van der Waals surface area contributed by atoms with Crippen LogP contribution < -0.4 is 0 Å². The molecule has 2 unspecified atom stereocenters. The minimum atomic E-state index is -0.241. The molecule has 3 nitrogen and oxygen atoms in total. The van der Waals surface area contributed by atoms with Crippen molar-refractivity contribution in [2.45, 2.75) is 45.8 Å². The van der Waals surface area contributed by atoms with Gasteiger partial charge in [-0.05, 0) is 26.3 Å². The first-order valence-corrected chi connectivity index (χ1v) is 4.85. The Morgan fingerprint density at radius 3 is 2.77 bits per heavy atom. The Hall–Kier alpha value is -0.830. The Bertz CT molecular complexity index is 255. The van der Waals surface area contributed by atoms with Crippen LogP contribution in [0.25, 0.3) is 0 Å². The summed E-state index contributed by atoms with van der Waals surface area (Å²) >= 11 is 0. The van der Waals surface area contributed by atoms with Gasteiger partial charge in [-0.3, -0.25) is 4.68 Å². The van der Waals surface area contributed by atoms with Gasteiger partial charge < -0.3 is 5.11 Å². The van der Waals surface area contributed by atoms with Gasteiger partial charge in [-0.25, -0.2) is 0 Å². The fourth-order valence-electron chi connectivity index (χ4n) is 1.66. The number of nitrogens with zero attached hydrogens (tertiary/aromatic N) is 2. The summed E-state index contributed by atoms with van der Waals surface area (Å²) < 4.78 is 1.98. The molecule has 1 aromatic rings. The SMILES string of the molecule is CCn1nccc1C(C)CC(C)O. The van der Waals surface area contributed by atoms with Crippen LogP contribution in [-0.2, 0) is 6.54 Å². The van der Waals surface area contributed by atoms with Gasteiger partial charge in [0.05, 0.1) is 6.10 Å². The van der Waals surface area contributed by atoms with Crippen molar-refractivity contribution in [3.05, 3.63) is 18.0 Å². The van der Waals surface area contributed by atoms with Gasteiger partial charge in [0.1, 0.15) is 0 Å². The molecule has 0 saturated heterocycles. The molecule has 1 heterocycles. The first kappa shape index (κ1) is 10.3. The summed E-state index contributed by atoms with van der Waals surface area (Å²) in [5, 5.41) is 13.5. The van der Waals surface area contributed by atoms with E-state index in [2.05, 4.69) is 18.9 Å². The molecular weight excluding hydrogens is 164 g/mol. The largest absolute Gasteiger partial charge is 0.393 e. The Labute approximate surface area is 79.4 Å². The van der Waals surface area contributed by atoms with E-state index in [1.165, 1.54) is 5.69 Å². The molecule has 0 fully saturated rings. The average Bonchev–Trinajstić information content (AvgIpc) is 2.49. The van der Waals surface area contributed by atoms with E-state index in [-0.39, 0.29) is 6.10 Å². The van der Waals surface area contributed by atoms with Gasteiger partial charge in [-0.15, -0.1) is 0 Å². The number of aliphatic hydroxyl groups is 1. The van der Waals surface area contributed by atoms with Crippen molar-refractivity contribution < 1.29 is 5.11 Å². The van der Waals surface area contributed by atoms with Crippen molar-refractivity contribution in [1.82, 2.24) is 9.78 Å². The standard InChI is InChI=1S/C10H18N2O/c1-4-12-10(5-6-11-12)8(2)7-9(3)13/h5-6,8-9,13H,4,7H2,1-3H3. The van der Waals surface area contributed by atoms with E-state index >= 15 is 0 Å². The molecule has 74 valence electrons. The van der Waals surface area contributed by atoms with Gasteiger partial charge in [0.2, 0.25) is 0 Å². The topological polar surface area (TPSA) is 38.0 Å². The molecule has 0 spiro atoms. The van der Waals surface area contributed by atoms with Gasteiger partial charge in [0, 0.05) is 24.4 Å². The summed E-state index contributed by atoms with van der Waals surface area (Å²) in [6.07, 6.45) is 2.37. The highest BCUT2D eigenvalue weighted by molar-refractivity contribution is 5.06. The van der Waals surface area contributed by atoms with E-state index < -0.39 is 0 Å². The number of hydrogen-bond donors (Lipinski definition) is 1. The molecule has 0 aliphatic rings. The zero-order chi connectivity index (χ0) is 9.84. The van der Waals surface area contributed by atoms with E-state index in [4.69, 9.17) is 0 Å². The minimum absolute atomic E-state index is 0.241. The lowest BCUT2D eigenvalue weighted by Crippen LogP contribution is -2.11. The molecule has 1 rings (SSSR count). The predicted molar refractivity (Wildman–Crippen MR) is 52.6 cm³/mol. The van der Waals surface area contributed by atoms with Crippen LogP contribution in [0.1, 0.15) is 38.8 Å². The van der Waals surface area contributed by atoms with Crippen LogP contribution in [0, 0.1) is 0 Å². The molecule has 3 heteroatoms. The molecule has 0 bridgehead atoms. The first-order valence-electron chi connectivity index (χ1n) is 4.85. The highest BCUT2D eigenvalue weighted by Crippen LogP contribution is 2.19. The van der Waals surface area contributed by atoms with Crippen molar-refractivity contribution in [3.8, 4) is 0 Å². The molecule has 0 aliphatic carbocycles. The second-order valence-electron chi connectivity index (χ2n) is 3.56. The third kappa shape index (κ3) is 2.56. The lowest BCUT2D eigenvalue weighted by Gasteiger charge is -2.14. The molecule has 2 atom stereocenters. The molecule has 0 radical (unpaired) electrons. The molecule has 0 amide bonds. The van der Waals surface area contributed by atoms with Gasteiger partial charge in [0.25, 0.3) is 0 Å². The van der Waals surface area contributed by atoms with E-state index in [0.717, 1.165) is 13.0 Å². The number of aromatic nitrogens is 2. The Balaban J connectivity index is 2.69. The molecule has 0 aromatic carbocycles. The van der Waals surface area contributed by atoms with Gasteiger partial charge in [0.15, 0.2) is 0 Å². The first-order chi connectivity index (χ1) is 6.15. The number of hydrogen-bond acceptors (Lipinski definition) is 2. The van der Waals surface area contributed by atoms with Crippen LogP contribution in [0.2, 0.25) is 0 Å². The number of aryl methyl sites for hydroxylation is 1. The van der Waals surface area contributed by atoms with E-state index in [1.54, 1.807) is 0 Å². The third-order valence-electron chi connectivity index (χ3n) is 2.25. The summed E-state index contributed by atoms with van der Waals surface area (Å²) in [6, 6.07) is 2.02. The normalized spacial score (nSPS) is 15.7. The lowest BCUT2D eigenvalue weighted by atomic mass is 10.0. The van der Waals surface area contributed by atoms with Gasteiger partial charge in [-0.2, -0.15) is 5.10 Å². The molecule has 1 aromatic heterocycles. The number of aliphatic hydroxyl groups excluding tert-OH is 1. The van der Waals surface area contributed by atoms with Crippen molar-refractivity contribution in [2.24, 2.45) is 0 Å². The maximum atomic E-state index is 9.26. The zero-order valence-electron chi connectivity index (χ0n) is 8.57. The van der Waals surface area contributed by atoms with Crippen LogP contribution in [0.5, 0.6) is 0 Å². The van der Waals surface area contributed by atoms with E-state index in [1.807, 2.05) is 23.9 Å². The monoisotopic (exact) mass is 182 g/mol. The zero-order valence-corrected chi connectivity index (χ0v) is 8.57. The van der Waals surface area contributed by atoms with Crippen LogP contribution in [-0.4, -0.2) is 21.0 Å². The second-order valence-corrected chi connectivity index (χ2v) is 3.56. The maximum absolute atomic E-state index is 9.26. The smallest absolute Gasteiger partial charge is 0.0518 e. The third-order valence-corrected chi connectivity index (χ3v) is 2.25. The van der Waals surface area contributed by atoms with Crippen molar-refractivity contribution in [2.75, 3.05) is 0 Å². The van der Waals surface area contributed by atoms with Crippen LogP contribution in [0.15, 0.2) is 12.3 Å².